The first-order valence-corrected chi connectivity index (χ1v) is 10.5. The average Bonchev–Trinajstić information content (AvgIpc) is 2.63. The summed E-state index contributed by atoms with van der Waals surface area (Å²) in [6, 6.07) is -0.817. The number of nitrogens with two attached hydrogens (primary N) is 1. The number of rotatable bonds is 18. The van der Waals surface area contributed by atoms with Gasteiger partial charge < -0.3 is 21.5 Å². The molecule has 0 aliphatic rings. The maximum Gasteiger partial charge on any atom is 0.320 e. The predicted octanol–water partition coefficient (Wildman–Crippen LogP) is 2.72. The molecule has 0 aromatic carbocycles. The van der Waals surface area contributed by atoms with E-state index >= 15 is 0 Å². The van der Waals surface area contributed by atoms with Crippen molar-refractivity contribution in [3.8, 4) is 0 Å². The van der Waals surface area contributed by atoms with Gasteiger partial charge in [0, 0.05) is 25.9 Å². The minimum absolute atomic E-state index is 0.0219. The maximum atomic E-state index is 11.7. The van der Waals surface area contributed by atoms with E-state index in [0.29, 0.717) is 38.8 Å². The van der Waals surface area contributed by atoms with Crippen LogP contribution in [0.1, 0.15) is 90.4 Å². The van der Waals surface area contributed by atoms with Gasteiger partial charge >= 0.3 is 5.97 Å². The Labute approximate surface area is 163 Å². The molecular weight excluding hydrogens is 346 g/mol. The normalized spacial score (nSPS) is 11.8. The molecule has 1 unspecified atom stereocenters. The first kappa shape index (κ1) is 25.4. The largest absolute Gasteiger partial charge is 0.480 e. The van der Waals surface area contributed by atoms with E-state index in [-0.39, 0.29) is 11.8 Å². The van der Waals surface area contributed by atoms with E-state index in [9.17, 15) is 14.4 Å². The fourth-order valence-electron chi connectivity index (χ4n) is 2.72. The number of amides is 2. The molecule has 0 fully saturated rings. The van der Waals surface area contributed by atoms with Crippen molar-refractivity contribution in [2.24, 2.45) is 5.73 Å². The zero-order chi connectivity index (χ0) is 20.3. The Morgan fingerprint density at radius 2 is 1.26 bits per heavy atom. The molecule has 0 bridgehead atoms. The van der Waals surface area contributed by atoms with Crippen LogP contribution < -0.4 is 16.4 Å². The highest BCUT2D eigenvalue weighted by Crippen LogP contribution is 2.05. The highest BCUT2D eigenvalue weighted by Gasteiger charge is 2.10. The highest BCUT2D eigenvalue weighted by atomic mass is 16.4. The Hall–Kier alpha value is -1.63. The van der Waals surface area contributed by atoms with Crippen LogP contribution in [-0.4, -0.2) is 42.0 Å². The van der Waals surface area contributed by atoms with E-state index in [4.69, 9.17) is 10.8 Å². The summed E-state index contributed by atoms with van der Waals surface area (Å²) in [5, 5.41) is 14.4. The van der Waals surface area contributed by atoms with Gasteiger partial charge in [0.15, 0.2) is 0 Å². The van der Waals surface area contributed by atoms with Gasteiger partial charge in [-0.25, -0.2) is 0 Å². The number of carbonyl (C=O) groups excluding carboxylic acids is 2. The minimum atomic E-state index is -0.984. The first-order chi connectivity index (χ1) is 13.0. The number of carboxylic acid groups (broad SMARTS) is 1. The molecule has 0 aliphatic carbocycles. The predicted molar refractivity (Wildman–Crippen MR) is 107 cm³/mol. The Kier molecular flexibility index (Phi) is 16.7. The summed E-state index contributed by atoms with van der Waals surface area (Å²) in [6.07, 6.45) is 11.3. The molecule has 7 nitrogen and oxygen atoms in total. The Balaban J connectivity index is 3.38. The summed E-state index contributed by atoms with van der Waals surface area (Å²) in [7, 11) is 0. The average molecular weight is 386 g/mol. The van der Waals surface area contributed by atoms with Crippen LogP contribution in [0.2, 0.25) is 0 Å². The Bertz CT molecular complexity index is 416. The summed E-state index contributed by atoms with van der Waals surface area (Å²) >= 11 is 0. The number of nitrogens with one attached hydrogen (secondary N) is 2. The third-order valence-electron chi connectivity index (χ3n) is 4.49. The van der Waals surface area contributed by atoms with Crippen LogP contribution in [0.5, 0.6) is 0 Å². The fraction of sp³-hybridized carbons (Fsp3) is 0.850. The van der Waals surface area contributed by atoms with Gasteiger partial charge in [0.05, 0.1) is 0 Å². The zero-order valence-corrected chi connectivity index (χ0v) is 16.9. The van der Waals surface area contributed by atoms with Gasteiger partial charge in [-0.1, -0.05) is 39.0 Å². The van der Waals surface area contributed by atoms with Gasteiger partial charge in [0.1, 0.15) is 6.04 Å². The van der Waals surface area contributed by atoms with Gasteiger partial charge in [-0.3, -0.25) is 14.4 Å². The van der Waals surface area contributed by atoms with E-state index in [1.807, 2.05) is 0 Å². The smallest absolute Gasteiger partial charge is 0.320 e. The molecule has 2 amide bonds. The van der Waals surface area contributed by atoms with Crippen LogP contribution >= 0.6 is 0 Å². The lowest BCUT2D eigenvalue weighted by Crippen LogP contribution is -2.30. The number of aliphatic carboxylic acids is 1. The Morgan fingerprint density at radius 1 is 0.778 bits per heavy atom. The molecule has 0 aliphatic heterocycles. The van der Waals surface area contributed by atoms with E-state index in [0.717, 1.165) is 38.5 Å². The van der Waals surface area contributed by atoms with Gasteiger partial charge in [-0.05, 0) is 38.5 Å². The standard InChI is InChI=1S/C20H39N3O4/c1-2-3-4-5-7-13-18(24)22-15-10-6-8-14-19(25)23-16-11-9-12-17(21)20(26)27/h17H,2-16,21H2,1H3,(H,22,24)(H,23,25)(H,26,27). The molecule has 27 heavy (non-hydrogen) atoms. The molecule has 0 aromatic heterocycles. The summed E-state index contributed by atoms with van der Waals surface area (Å²) in [4.78, 5) is 33.9. The molecule has 158 valence electrons. The lowest BCUT2D eigenvalue weighted by Gasteiger charge is -2.08. The molecule has 0 rings (SSSR count). The molecule has 0 saturated carbocycles. The minimum Gasteiger partial charge on any atom is -0.480 e. The SMILES string of the molecule is CCCCCCCC(=O)NCCCCCC(=O)NCCCCC(N)C(=O)O. The summed E-state index contributed by atoms with van der Waals surface area (Å²) in [6.45, 7) is 3.41. The lowest BCUT2D eigenvalue weighted by molar-refractivity contribution is -0.138. The highest BCUT2D eigenvalue weighted by molar-refractivity contribution is 5.76. The molecule has 7 heteroatoms. The van der Waals surface area contributed by atoms with Crippen LogP contribution in [0.3, 0.4) is 0 Å². The van der Waals surface area contributed by atoms with Crippen molar-refractivity contribution in [3.05, 3.63) is 0 Å². The monoisotopic (exact) mass is 385 g/mol. The summed E-state index contributed by atoms with van der Waals surface area (Å²) in [5.74, 6) is -0.831. The number of carbonyl (C=O) groups is 3. The van der Waals surface area contributed by atoms with Crippen molar-refractivity contribution in [3.63, 3.8) is 0 Å². The number of unbranched alkanes of at least 4 members (excludes halogenated alkanes) is 7. The van der Waals surface area contributed by atoms with Crippen LogP contribution in [0.4, 0.5) is 0 Å². The fourth-order valence-corrected chi connectivity index (χ4v) is 2.72. The molecule has 0 saturated heterocycles. The molecule has 0 heterocycles. The van der Waals surface area contributed by atoms with Crippen molar-refractivity contribution in [2.75, 3.05) is 13.1 Å². The summed E-state index contributed by atoms with van der Waals surface area (Å²) in [5.41, 5.74) is 5.41. The van der Waals surface area contributed by atoms with Crippen molar-refractivity contribution in [2.45, 2.75) is 96.4 Å². The van der Waals surface area contributed by atoms with Crippen molar-refractivity contribution >= 4 is 17.8 Å². The molecular formula is C20H39N3O4. The number of hydrogen-bond donors (Lipinski definition) is 4. The first-order valence-electron chi connectivity index (χ1n) is 10.5. The summed E-state index contributed by atoms with van der Waals surface area (Å²) < 4.78 is 0. The molecule has 0 spiro atoms. The lowest BCUT2D eigenvalue weighted by atomic mass is 10.1. The van der Waals surface area contributed by atoms with Gasteiger partial charge in [-0.2, -0.15) is 0 Å². The van der Waals surface area contributed by atoms with E-state index < -0.39 is 12.0 Å². The van der Waals surface area contributed by atoms with Crippen molar-refractivity contribution in [1.29, 1.82) is 0 Å². The van der Waals surface area contributed by atoms with Gasteiger partial charge in [0.2, 0.25) is 11.8 Å². The Morgan fingerprint density at radius 3 is 1.78 bits per heavy atom. The van der Waals surface area contributed by atoms with Crippen LogP contribution in [0.15, 0.2) is 0 Å². The van der Waals surface area contributed by atoms with Crippen LogP contribution in [-0.2, 0) is 14.4 Å². The third-order valence-corrected chi connectivity index (χ3v) is 4.49. The van der Waals surface area contributed by atoms with Gasteiger partial charge in [-0.15, -0.1) is 0 Å². The second-order valence-electron chi connectivity index (χ2n) is 7.12. The molecule has 0 radical (unpaired) electrons. The molecule has 5 N–H and O–H groups in total. The van der Waals surface area contributed by atoms with Crippen molar-refractivity contribution in [1.82, 2.24) is 10.6 Å². The third kappa shape index (κ3) is 17.5. The van der Waals surface area contributed by atoms with E-state index in [1.165, 1.54) is 19.3 Å². The number of hydrogen-bond acceptors (Lipinski definition) is 4. The second kappa shape index (κ2) is 17.8. The quantitative estimate of drug-likeness (QED) is 0.270. The maximum absolute atomic E-state index is 11.7. The van der Waals surface area contributed by atoms with Crippen molar-refractivity contribution < 1.29 is 19.5 Å². The van der Waals surface area contributed by atoms with Crippen LogP contribution in [0, 0.1) is 0 Å². The van der Waals surface area contributed by atoms with Gasteiger partial charge in [0.25, 0.3) is 0 Å². The molecule has 1 atom stereocenters. The van der Waals surface area contributed by atoms with E-state index in [1.54, 1.807) is 0 Å². The zero-order valence-electron chi connectivity index (χ0n) is 16.9. The second-order valence-corrected chi connectivity index (χ2v) is 7.12. The topological polar surface area (TPSA) is 122 Å². The molecule has 0 aromatic rings. The van der Waals surface area contributed by atoms with Crippen LogP contribution in [0.25, 0.3) is 0 Å². The number of carboxylic acids is 1. The van der Waals surface area contributed by atoms with E-state index in [2.05, 4.69) is 17.6 Å².